The van der Waals surface area contributed by atoms with Gasteiger partial charge in [0, 0.05) is 0 Å². The van der Waals surface area contributed by atoms with Crippen LogP contribution < -0.4 is 56.5 Å². The fourth-order valence-corrected chi connectivity index (χ4v) is 1.05. The van der Waals surface area contributed by atoms with E-state index in [4.69, 9.17) is 0 Å². The van der Waals surface area contributed by atoms with Gasteiger partial charge in [-0.15, -0.1) is 0 Å². The van der Waals surface area contributed by atoms with Crippen molar-refractivity contribution in [1.82, 2.24) is 0 Å². The molecule has 0 aromatic rings. The smallest absolute Gasteiger partial charge is 1.00 e. The molecule has 0 amide bonds. The van der Waals surface area contributed by atoms with Gasteiger partial charge in [0.1, 0.15) is 0 Å². The average Bonchev–Trinajstić information content (AvgIpc) is 1.14. The van der Waals surface area contributed by atoms with E-state index in [0.29, 0.717) is 0 Å². The van der Waals surface area contributed by atoms with Crippen molar-refractivity contribution < 1.29 is 65.4 Å². The topological polar surface area (TPSA) is 69.4 Å². The molecule has 2 N–H and O–H groups in total. The third-order valence-corrected chi connectivity index (χ3v) is 1.10. The summed E-state index contributed by atoms with van der Waals surface area (Å²) < 4.78 is 24.8. The molecule has 0 radical (unpaired) electrons. The molecule has 0 rings (SSSR count). The van der Waals surface area contributed by atoms with E-state index in [2.05, 4.69) is 9.32 Å². The Hall–Kier alpha value is 1.51. The van der Waals surface area contributed by atoms with Gasteiger partial charge in [0.05, 0.1) is 5.60 Å². The minimum absolute atomic E-state index is 0. The molecule has 10 heavy (non-hydrogen) atoms. The first-order valence-electron chi connectivity index (χ1n) is 2.44. The Morgan fingerprint density at radius 2 is 1.70 bits per heavy atom. The van der Waals surface area contributed by atoms with Crippen molar-refractivity contribution in [3.05, 3.63) is 0 Å². The molecule has 0 bridgehead atoms. The Bertz CT molecular complexity index is 186. The van der Waals surface area contributed by atoms with Crippen LogP contribution in [0.5, 0.6) is 0 Å². The fraction of sp³-hybridized carbons (Fsp3) is 1.00. The minimum atomic E-state index is -3.78. The Balaban J connectivity index is -0.000000320. The van der Waals surface area contributed by atoms with Crippen LogP contribution in [0.4, 0.5) is 0 Å². The van der Waals surface area contributed by atoms with E-state index in [0.717, 1.165) is 0 Å². The van der Waals surface area contributed by atoms with Gasteiger partial charge in [0.25, 0.3) is 0 Å². The van der Waals surface area contributed by atoms with Crippen molar-refractivity contribution in [2.24, 2.45) is 5.14 Å². The van der Waals surface area contributed by atoms with Crippen molar-refractivity contribution in [3.8, 4) is 0 Å². The molecule has 0 saturated heterocycles. The maximum Gasteiger partial charge on any atom is 1.00 e. The van der Waals surface area contributed by atoms with E-state index in [-0.39, 0.29) is 52.8 Å². The summed E-state index contributed by atoms with van der Waals surface area (Å²) in [5.41, 5.74) is -0.729. The van der Waals surface area contributed by atoms with Crippen molar-refractivity contribution in [3.63, 3.8) is 0 Å². The molecule has 0 aliphatic heterocycles. The zero-order valence-corrected chi connectivity index (χ0v) is 10.6. The molecule has 0 atom stereocenters. The second-order valence-electron chi connectivity index (χ2n) is 2.69. The summed E-state index contributed by atoms with van der Waals surface area (Å²) >= 11 is 0. The fourth-order valence-electron chi connectivity index (χ4n) is 0.348. The summed E-state index contributed by atoms with van der Waals surface area (Å²) in [7, 11) is -3.78. The summed E-state index contributed by atoms with van der Waals surface area (Å²) in [6, 6.07) is 0. The van der Waals surface area contributed by atoms with Crippen LogP contribution in [0.15, 0.2) is 0 Å². The Morgan fingerprint density at radius 3 is 1.70 bits per heavy atom. The molecule has 0 heterocycles. The molecule has 0 fully saturated rings. The van der Waals surface area contributed by atoms with Gasteiger partial charge in [-0.1, -0.05) is 0 Å². The van der Waals surface area contributed by atoms with Crippen LogP contribution in [0.3, 0.4) is 0 Å². The van der Waals surface area contributed by atoms with Crippen LogP contribution >= 0.6 is 0 Å². The van der Waals surface area contributed by atoms with Crippen molar-refractivity contribution in [1.29, 1.82) is 0 Å². The first-order valence-corrected chi connectivity index (χ1v) is 3.91. The summed E-state index contributed by atoms with van der Waals surface area (Å²) in [5.74, 6) is 0. The molecular weight excluding hydrogens is 181 g/mol. The van der Waals surface area contributed by atoms with Gasteiger partial charge in [0.2, 0.25) is 0 Å². The molecular formula is C4H12KNO3S. The second-order valence-corrected chi connectivity index (χ2v) is 3.84. The van der Waals surface area contributed by atoms with Gasteiger partial charge >= 0.3 is 61.7 Å². The van der Waals surface area contributed by atoms with Crippen molar-refractivity contribution in [2.75, 3.05) is 0 Å². The Kier molecular flexibility index (Phi) is 6.34. The minimum Gasteiger partial charge on any atom is -1.00 e. The molecule has 0 saturated carbocycles. The van der Waals surface area contributed by atoms with E-state index in [9.17, 15) is 8.42 Å². The third-order valence-electron chi connectivity index (χ3n) is 0.366. The molecule has 0 unspecified atom stereocenters. The monoisotopic (exact) mass is 193 g/mol. The summed E-state index contributed by atoms with van der Waals surface area (Å²) in [5, 5.41) is 4.57. The molecule has 0 aromatic heterocycles. The third kappa shape index (κ3) is 12.2. The van der Waals surface area contributed by atoms with Crippen molar-refractivity contribution >= 4 is 10.3 Å². The summed E-state index contributed by atoms with van der Waals surface area (Å²) in [4.78, 5) is 0. The van der Waals surface area contributed by atoms with Gasteiger partial charge in [-0.3, -0.25) is 4.18 Å². The van der Waals surface area contributed by atoms with E-state index < -0.39 is 15.9 Å². The predicted octanol–water partition coefficient (Wildman–Crippen LogP) is -2.88. The number of hydrogen-bond donors (Lipinski definition) is 1. The molecule has 0 aliphatic carbocycles. The van der Waals surface area contributed by atoms with E-state index in [1.54, 1.807) is 20.8 Å². The van der Waals surface area contributed by atoms with Gasteiger partial charge < -0.3 is 1.43 Å². The molecule has 58 valence electrons. The molecule has 4 nitrogen and oxygen atoms in total. The van der Waals surface area contributed by atoms with E-state index in [1.165, 1.54) is 0 Å². The van der Waals surface area contributed by atoms with Crippen LogP contribution in [-0.4, -0.2) is 14.0 Å². The first-order chi connectivity index (χ1) is 3.71. The van der Waals surface area contributed by atoms with Crippen LogP contribution in [0.2, 0.25) is 0 Å². The number of rotatable bonds is 1. The van der Waals surface area contributed by atoms with Crippen molar-refractivity contribution in [2.45, 2.75) is 26.4 Å². The summed E-state index contributed by atoms with van der Waals surface area (Å²) in [6.07, 6.45) is 0. The Morgan fingerprint density at radius 1 is 1.40 bits per heavy atom. The normalized spacial score (nSPS) is 12.4. The van der Waals surface area contributed by atoms with Gasteiger partial charge in [-0.25, -0.2) is 5.14 Å². The SMILES string of the molecule is CC(C)(C)OS(N)(=O)=O.[H-].[K+]. The second kappa shape index (κ2) is 4.51. The molecule has 0 aliphatic rings. The zero-order chi connectivity index (χ0) is 7.71. The average molecular weight is 193 g/mol. The van der Waals surface area contributed by atoms with Crippen LogP contribution in [0, 0.1) is 0 Å². The Labute approximate surface area is 106 Å². The van der Waals surface area contributed by atoms with Crippen LogP contribution in [-0.2, 0) is 14.5 Å². The van der Waals surface area contributed by atoms with E-state index in [1.807, 2.05) is 0 Å². The van der Waals surface area contributed by atoms with Gasteiger partial charge in [0.15, 0.2) is 0 Å². The maximum absolute atomic E-state index is 10.2. The zero-order valence-electron chi connectivity index (χ0n) is 7.71. The molecule has 6 heteroatoms. The van der Waals surface area contributed by atoms with Crippen LogP contribution in [0.1, 0.15) is 22.2 Å². The largest absolute Gasteiger partial charge is 1.00 e. The predicted molar refractivity (Wildman–Crippen MR) is 35.1 cm³/mol. The summed E-state index contributed by atoms with van der Waals surface area (Å²) in [6.45, 7) is 4.83. The molecule has 0 aromatic carbocycles. The maximum atomic E-state index is 10.2. The standard InChI is InChI=1S/C4H11NO3S.K.H/c1-4(2,3)8-9(5,6)7;;/h1-3H3,(H2,5,6,7);;/q;+1;-1. The number of hydrogen-bond acceptors (Lipinski definition) is 3. The number of nitrogens with two attached hydrogens (primary N) is 1. The van der Waals surface area contributed by atoms with E-state index >= 15 is 0 Å². The van der Waals surface area contributed by atoms with Gasteiger partial charge in [-0.05, 0) is 20.8 Å². The van der Waals surface area contributed by atoms with Gasteiger partial charge in [-0.2, -0.15) is 8.42 Å². The first kappa shape index (κ1) is 14.1. The molecule has 0 spiro atoms. The quantitative estimate of drug-likeness (QED) is 0.455. The van der Waals surface area contributed by atoms with Crippen LogP contribution in [0.25, 0.3) is 0 Å².